The first kappa shape index (κ1) is 11.1. The Morgan fingerprint density at radius 1 is 1.31 bits per heavy atom. The molecule has 84 valence electrons. The zero-order valence-corrected chi connectivity index (χ0v) is 9.57. The molecule has 0 aromatic carbocycles. The molecular weight excluding hydrogens is 224 g/mol. The fraction of sp³-hybridized carbons (Fsp3) is 0.455. The van der Waals surface area contributed by atoms with Gasteiger partial charge in [-0.1, -0.05) is 0 Å². The smallest absolute Gasteiger partial charge is 0.150 e. The maximum absolute atomic E-state index is 11.3. The van der Waals surface area contributed by atoms with Crippen molar-refractivity contribution in [2.24, 2.45) is 0 Å². The summed E-state index contributed by atoms with van der Waals surface area (Å²) in [6.07, 6.45) is 4.52. The van der Waals surface area contributed by atoms with Gasteiger partial charge in [0.1, 0.15) is 15.9 Å². The minimum Gasteiger partial charge on any atom is -0.263 e. The topological polar surface area (TPSA) is 70.8 Å². The number of aromatic nitrogens is 1. The van der Waals surface area contributed by atoms with Crippen LogP contribution in [0.2, 0.25) is 0 Å². The van der Waals surface area contributed by atoms with Crippen LogP contribution in [0, 0.1) is 11.3 Å². The first-order valence-electron chi connectivity index (χ1n) is 5.16. The second-order valence-electron chi connectivity index (χ2n) is 4.04. The van der Waals surface area contributed by atoms with Crippen molar-refractivity contribution >= 4 is 9.84 Å². The fourth-order valence-corrected chi connectivity index (χ4v) is 3.46. The van der Waals surface area contributed by atoms with E-state index in [1.54, 1.807) is 12.3 Å². The van der Waals surface area contributed by atoms with Gasteiger partial charge in [-0.2, -0.15) is 5.26 Å². The SMILES string of the molecule is N#Cc1cncc(C2CCS(=O)(=O)CC2)c1. The van der Waals surface area contributed by atoms with Gasteiger partial charge in [0.25, 0.3) is 0 Å². The molecule has 4 nitrogen and oxygen atoms in total. The first-order valence-corrected chi connectivity index (χ1v) is 6.98. The molecule has 1 fully saturated rings. The lowest BCUT2D eigenvalue weighted by atomic mass is 9.94. The molecule has 0 bridgehead atoms. The predicted molar refractivity (Wildman–Crippen MR) is 59.6 cm³/mol. The quantitative estimate of drug-likeness (QED) is 0.735. The van der Waals surface area contributed by atoms with E-state index in [9.17, 15) is 8.42 Å². The van der Waals surface area contributed by atoms with E-state index in [4.69, 9.17) is 5.26 Å². The average Bonchev–Trinajstić information content (AvgIpc) is 2.29. The summed E-state index contributed by atoms with van der Waals surface area (Å²) in [6.45, 7) is 0. The molecule has 0 N–H and O–H groups in total. The van der Waals surface area contributed by atoms with Crippen LogP contribution in [0.3, 0.4) is 0 Å². The second-order valence-corrected chi connectivity index (χ2v) is 6.35. The number of nitrogens with zero attached hydrogens (tertiary/aromatic N) is 2. The molecule has 0 saturated carbocycles. The molecule has 5 heteroatoms. The highest BCUT2D eigenvalue weighted by Gasteiger charge is 2.24. The van der Waals surface area contributed by atoms with Gasteiger partial charge in [0.15, 0.2) is 0 Å². The zero-order chi connectivity index (χ0) is 11.6. The summed E-state index contributed by atoms with van der Waals surface area (Å²) in [5.74, 6) is 0.715. The lowest BCUT2D eigenvalue weighted by molar-refractivity contribution is 0.549. The van der Waals surface area contributed by atoms with Crippen molar-refractivity contribution in [1.82, 2.24) is 4.98 Å². The first-order chi connectivity index (χ1) is 7.61. The third-order valence-corrected chi connectivity index (χ3v) is 4.63. The molecule has 2 heterocycles. The summed E-state index contributed by atoms with van der Waals surface area (Å²) in [4.78, 5) is 4.00. The van der Waals surface area contributed by atoms with Crippen molar-refractivity contribution in [3.8, 4) is 6.07 Å². The largest absolute Gasteiger partial charge is 0.263 e. The van der Waals surface area contributed by atoms with Crippen molar-refractivity contribution in [3.63, 3.8) is 0 Å². The maximum Gasteiger partial charge on any atom is 0.150 e. The number of pyridine rings is 1. The number of nitriles is 1. The number of hydrogen-bond acceptors (Lipinski definition) is 4. The molecule has 1 aromatic heterocycles. The highest BCUT2D eigenvalue weighted by Crippen LogP contribution is 2.28. The molecule has 0 spiro atoms. The molecule has 0 aliphatic carbocycles. The van der Waals surface area contributed by atoms with Crippen molar-refractivity contribution in [1.29, 1.82) is 5.26 Å². The van der Waals surface area contributed by atoms with E-state index >= 15 is 0 Å². The number of sulfone groups is 1. The van der Waals surface area contributed by atoms with E-state index in [-0.39, 0.29) is 17.4 Å². The van der Waals surface area contributed by atoms with Crippen LogP contribution in [-0.2, 0) is 9.84 Å². The molecule has 1 aliphatic rings. The van der Waals surface area contributed by atoms with Crippen molar-refractivity contribution in [2.75, 3.05) is 11.5 Å². The van der Waals surface area contributed by atoms with Gasteiger partial charge in [-0.3, -0.25) is 4.98 Å². The standard InChI is InChI=1S/C11H12N2O2S/c12-6-9-5-11(8-13-7-9)10-1-3-16(14,15)4-2-10/h5,7-8,10H,1-4H2. The summed E-state index contributed by atoms with van der Waals surface area (Å²) in [5.41, 5.74) is 1.51. The highest BCUT2D eigenvalue weighted by atomic mass is 32.2. The Labute approximate surface area is 94.9 Å². The van der Waals surface area contributed by atoms with Crippen LogP contribution in [0.15, 0.2) is 18.5 Å². The molecular formula is C11H12N2O2S. The van der Waals surface area contributed by atoms with Crippen LogP contribution in [0.4, 0.5) is 0 Å². The second kappa shape index (κ2) is 4.22. The molecule has 1 aliphatic heterocycles. The van der Waals surface area contributed by atoms with Gasteiger partial charge < -0.3 is 0 Å². The molecule has 0 unspecified atom stereocenters. The number of rotatable bonds is 1. The summed E-state index contributed by atoms with van der Waals surface area (Å²) in [5, 5.41) is 8.76. The summed E-state index contributed by atoms with van der Waals surface area (Å²) in [6, 6.07) is 3.84. The molecule has 1 aromatic rings. The van der Waals surface area contributed by atoms with Crippen molar-refractivity contribution in [2.45, 2.75) is 18.8 Å². The van der Waals surface area contributed by atoms with Gasteiger partial charge in [0, 0.05) is 12.4 Å². The Morgan fingerprint density at radius 3 is 2.62 bits per heavy atom. The summed E-state index contributed by atoms with van der Waals surface area (Å²) in [7, 11) is -2.82. The molecule has 1 saturated heterocycles. The van der Waals surface area contributed by atoms with Crippen LogP contribution in [0.1, 0.15) is 29.9 Å². The predicted octanol–water partition coefficient (Wildman–Crippen LogP) is 1.25. The Kier molecular flexibility index (Phi) is 2.92. The van der Waals surface area contributed by atoms with Crippen molar-refractivity contribution < 1.29 is 8.42 Å². The maximum atomic E-state index is 11.3. The monoisotopic (exact) mass is 236 g/mol. The third kappa shape index (κ3) is 2.39. The van der Waals surface area contributed by atoms with Crippen LogP contribution < -0.4 is 0 Å². The Bertz CT molecular complexity index is 517. The van der Waals surface area contributed by atoms with E-state index in [2.05, 4.69) is 4.98 Å². The fourth-order valence-electron chi connectivity index (χ4n) is 1.97. The molecule has 0 radical (unpaired) electrons. The average molecular weight is 236 g/mol. The van der Waals surface area contributed by atoms with Crippen LogP contribution in [-0.4, -0.2) is 24.9 Å². The van der Waals surface area contributed by atoms with E-state index in [1.807, 2.05) is 6.07 Å². The van der Waals surface area contributed by atoms with Gasteiger partial charge in [-0.25, -0.2) is 8.42 Å². The van der Waals surface area contributed by atoms with Gasteiger partial charge in [-0.15, -0.1) is 0 Å². The molecule has 0 atom stereocenters. The lowest BCUT2D eigenvalue weighted by Crippen LogP contribution is -2.22. The van der Waals surface area contributed by atoms with Gasteiger partial charge in [-0.05, 0) is 30.4 Å². The zero-order valence-electron chi connectivity index (χ0n) is 8.76. The van der Waals surface area contributed by atoms with Gasteiger partial charge in [0.05, 0.1) is 17.1 Å². The van der Waals surface area contributed by atoms with Crippen molar-refractivity contribution in [3.05, 3.63) is 29.6 Å². The van der Waals surface area contributed by atoms with E-state index in [1.165, 1.54) is 6.20 Å². The minimum absolute atomic E-state index is 0.226. The highest BCUT2D eigenvalue weighted by molar-refractivity contribution is 7.91. The van der Waals surface area contributed by atoms with Crippen LogP contribution >= 0.6 is 0 Å². The minimum atomic E-state index is -2.82. The Balaban J connectivity index is 2.17. The van der Waals surface area contributed by atoms with E-state index < -0.39 is 9.84 Å². The third-order valence-electron chi connectivity index (χ3n) is 2.91. The van der Waals surface area contributed by atoms with E-state index in [0.29, 0.717) is 18.4 Å². The summed E-state index contributed by atoms with van der Waals surface area (Å²) < 4.78 is 22.6. The van der Waals surface area contributed by atoms with E-state index in [0.717, 1.165) is 5.56 Å². The number of hydrogen-bond donors (Lipinski definition) is 0. The normalized spacial score (nSPS) is 20.2. The van der Waals surface area contributed by atoms with Crippen LogP contribution in [0.5, 0.6) is 0 Å². The van der Waals surface area contributed by atoms with Crippen LogP contribution in [0.25, 0.3) is 0 Å². The lowest BCUT2D eigenvalue weighted by Gasteiger charge is -2.21. The van der Waals surface area contributed by atoms with Gasteiger partial charge >= 0.3 is 0 Å². The molecule has 2 rings (SSSR count). The Hall–Kier alpha value is -1.41. The summed E-state index contributed by atoms with van der Waals surface area (Å²) >= 11 is 0. The molecule has 16 heavy (non-hydrogen) atoms. The molecule has 0 amide bonds. The Morgan fingerprint density at radius 2 is 2.00 bits per heavy atom. The van der Waals surface area contributed by atoms with Gasteiger partial charge in [0.2, 0.25) is 0 Å².